The minimum Gasteiger partial charge on any atom is -0.479 e. The monoisotopic (exact) mass is 197 g/mol. The zero-order chi connectivity index (χ0) is 10.6. The maximum absolute atomic E-state index is 9.90. The molecule has 1 rings (SSSR count). The van der Waals surface area contributed by atoms with E-state index in [2.05, 4.69) is 20.1 Å². The van der Waals surface area contributed by atoms with Crippen molar-refractivity contribution in [2.24, 2.45) is 20.1 Å². The Bertz CT molecular complexity index is 389. The van der Waals surface area contributed by atoms with E-state index in [4.69, 9.17) is 10.2 Å². The van der Waals surface area contributed by atoms with E-state index < -0.39 is 18.3 Å². The van der Waals surface area contributed by atoms with Crippen LogP contribution in [0.5, 0.6) is 0 Å². The molecule has 2 N–H and O–H groups in total. The average molecular weight is 197 g/mol. The topological polar surface area (TPSA) is 127 Å². The van der Waals surface area contributed by atoms with Gasteiger partial charge in [-0.1, -0.05) is 5.10 Å². The van der Waals surface area contributed by atoms with Crippen LogP contribution in [0.25, 0.3) is 0 Å². The molecule has 0 saturated carbocycles. The van der Waals surface area contributed by atoms with Gasteiger partial charge in [0, 0.05) is 0 Å². The molecule has 0 aliphatic carbocycles. The Balaban J connectivity index is 3.11. The number of carbonyl (C=O) groups excluding carboxylic acids is 2. The SMILES string of the molecule is O=C=NC1=NC(O)=NC(O)N1N=C=O. The molecular weight excluding hydrogens is 194 g/mol. The number of aliphatic imine (C=N–C) groups is 3. The van der Waals surface area contributed by atoms with Crippen molar-refractivity contribution >= 4 is 24.1 Å². The largest absolute Gasteiger partial charge is 0.479 e. The predicted octanol–water partition coefficient (Wildman–Crippen LogP) is -1.57. The number of rotatable bonds is 1. The van der Waals surface area contributed by atoms with Crippen molar-refractivity contribution in [3.05, 3.63) is 0 Å². The van der Waals surface area contributed by atoms with Crippen molar-refractivity contribution in [1.29, 1.82) is 0 Å². The third kappa shape index (κ3) is 1.87. The molecule has 1 heterocycles. The number of nitrogens with zero attached hydrogens (tertiary/aromatic N) is 5. The molecule has 14 heavy (non-hydrogen) atoms. The molecule has 1 unspecified atom stereocenters. The van der Waals surface area contributed by atoms with Gasteiger partial charge in [0.2, 0.25) is 6.08 Å². The van der Waals surface area contributed by atoms with Gasteiger partial charge in [-0.2, -0.15) is 15.0 Å². The van der Waals surface area contributed by atoms with Gasteiger partial charge >= 0.3 is 6.02 Å². The number of guanidine groups is 1. The molecule has 0 fully saturated rings. The molecule has 0 radical (unpaired) electrons. The number of isocyanates is 2. The highest BCUT2D eigenvalue weighted by atomic mass is 16.3. The fraction of sp³-hybridized carbons (Fsp3) is 0.200. The molecule has 0 bridgehead atoms. The number of hydrazone groups is 1. The molecular formula is C5H3N5O4. The van der Waals surface area contributed by atoms with E-state index in [1.807, 2.05) is 0 Å². The van der Waals surface area contributed by atoms with E-state index in [9.17, 15) is 9.59 Å². The summed E-state index contributed by atoms with van der Waals surface area (Å²) in [5.41, 5.74) is 0. The molecule has 1 atom stereocenters. The van der Waals surface area contributed by atoms with Crippen LogP contribution in [0.1, 0.15) is 0 Å². The normalized spacial score (nSPS) is 20.1. The molecule has 1 aliphatic rings. The summed E-state index contributed by atoms with van der Waals surface area (Å²) in [4.78, 5) is 29.1. The summed E-state index contributed by atoms with van der Waals surface area (Å²) in [7, 11) is 0. The van der Waals surface area contributed by atoms with Gasteiger partial charge in [-0.15, -0.1) is 4.99 Å². The van der Waals surface area contributed by atoms with Crippen molar-refractivity contribution in [1.82, 2.24) is 5.01 Å². The second kappa shape index (κ2) is 4.06. The molecule has 0 saturated heterocycles. The van der Waals surface area contributed by atoms with E-state index in [1.165, 1.54) is 0 Å². The summed E-state index contributed by atoms with van der Waals surface area (Å²) in [6.07, 6.45) is 0.513. The van der Waals surface area contributed by atoms with Gasteiger partial charge in [0.25, 0.3) is 18.4 Å². The third-order valence-corrected chi connectivity index (χ3v) is 1.15. The third-order valence-electron chi connectivity index (χ3n) is 1.15. The van der Waals surface area contributed by atoms with Crippen LogP contribution in [0, 0.1) is 0 Å². The van der Waals surface area contributed by atoms with Gasteiger partial charge in [0.05, 0.1) is 0 Å². The van der Waals surface area contributed by atoms with Gasteiger partial charge < -0.3 is 10.2 Å². The number of aliphatic hydroxyl groups excluding tert-OH is 2. The van der Waals surface area contributed by atoms with Crippen molar-refractivity contribution in [3.8, 4) is 0 Å². The minimum atomic E-state index is -1.68. The van der Waals surface area contributed by atoms with Crippen molar-refractivity contribution < 1.29 is 19.8 Å². The van der Waals surface area contributed by atoms with E-state index in [0.717, 1.165) is 12.2 Å². The molecule has 0 aromatic carbocycles. The minimum absolute atomic E-state index is 0.484. The first kappa shape index (κ1) is 9.75. The summed E-state index contributed by atoms with van der Waals surface area (Å²) in [6.45, 7) is 0. The molecule has 0 aromatic heterocycles. The highest BCUT2D eigenvalue weighted by Gasteiger charge is 2.24. The van der Waals surface area contributed by atoms with E-state index in [0.29, 0.717) is 5.01 Å². The molecule has 9 heteroatoms. The first-order valence-electron chi connectivity index (χ1n) is 3.17. The van der Waals surface area contributed by atoms with Crippen LogP contribution in [-0.2, 0) is 9.59 Å². The standard InChI is InChI=1S/C5H3N5O4/c11-1-6-3-8-4(13)9-5(14)10(3)7-2-12/h5,14H,(H,9,13). The van der Waals surface area contributed by atoms with Crippen LogP contribution < -0.4 is 0 Å². The second-order valence-electron chi connectivity index (χ2n) is 1.93. The quantitative estimate of drug-likeness (QED) is 0.388. The zero-order valence-electron chi connectivity index (χ0n) is 6.52. The summed E-state index contributed by atoms with van der Waals surface area (Å²) in [5, 5.41) is 21.4. The van der Waals surface area contributed by atoms with E-state index in [1.54, 1.807) is 0 Å². The Morgan fingerprint density at radius 2 is 2.14 bits per heavy atom. The molecule has 72 valence electrons. The fourth-order valence-corrected chi connectivity index (χ4v) is 0.688. The number of hydrogen-bond donors (Lipinski definition) is 2. The van der Waals surface area contributed by atoms with E-state index in [-0.39, 0.29) is 0 Å². The van der Waals surface area contributed by atoms with E-state index >= 15 is 0 Å². The average Bonchev–Trinajstić information content (AvgIpc) is 2.11. The lowest BCUT2D eigenvalue weighted by atomic mass is 10.7. The Morgan fingerprint density at radius 3 is 2.71 bits per heavy atom. The fourth-order valence-electron chi connectivity index (χ4n) is 0.688. The van der Waals surface area contributed by atoms with Gasteiger partial charge in [-0.05, 0) is 0 Å². The lowest BCUT2D eigenvalue weighted by molar-refractivity contribution is 0.0580. The maximum Gasteiger partial charge on any atom is 0.316 e. The van der Waals surface area contributed by atoms with Gasteiger partial charge in [0.15, 0.2) is 0 Å². The van der Waals surface area contributed by atoms with Crippen molar-refractivity contribution in [2.45, 2.75) is 6.35 Å². The molecule has 0 amide bonds. The first-order chi connectivity index (χ1) is 6.69. The summed E-state index contributed by atoms with van der Waals surface area (Å²) < 4.78 is 0. The summed E-state index contributed by atoms with van der Waals surface area (Å²) >= 11 is 0. The molecule has 0 spiro atoms. The number of aliphatic hydroxyl groups is 2. The Morgan fingerprint density at radius 1 is 1.43 bits per heavy atom. The highest BCUT2D eigenvalue weighted by molar-refractivity contribution is 5.95. The van der Waals surface area contributed by atoms with Crippen LogP contribution in [0.2, 0.25) is 0 Å². The second-order valence-corrected chi connectivity index (χ2v) is 1.93. The highest BCUT2D eigenvalue weighted by Crippen LogP contribution is 2.07. The molecule has 1 aliphatic heterocycles. The summed E-state index contributed by atoms with van der Waals surface area (Å²) in [6, 6.07) is -0.788. The van der Waals surface area contributed by atoms with Crippen molar-refractivity contribution in [2.75, 3.05) is 0 Å². The van der Waals surface area contributed by atoms with Gasteiger partial charge in [-0.3, -0.25) is 0 Å². The number of hydrogen-bond acceptors (Lipinski definition) is 8. The zero-order valence-corrected chi connectivity index (χ0v) is 6.52. The van der Waals surface area contributed by atoms with Crippen LogP contribution >= 0.6 is 0 Å². The van der Waals surface area contributed by atoms with Crippen LogP contribution in [-0.4, -0.2) is 45.7 Å². The summed E-state index contributed by atoms with van der Waals surface area (Å²) in [5.74, 6) is -0.511. The Hall–Kier alpha value is -2.34. The van der Waals surface area contributed by atoms with Gasteiger partial charge in [0.1, 0.15) is 0 Å². The molecule has 0 aromatic rings. The number of amidine groups is 1. The van der Waals surface area contributed by atoms with Crippen LogP contribution in [0.15, 0.2) is 20.1 Å². The predicted molar refractivity (Wildman–Crippen MR) is 41.6 cm³/mol. The maximum atomic E-state index is 9.90. The van der Waals surface area contributed by atoms with Crippen LogP contribution in [0.4, 0.5) is 0 Å². The Labute approximate surface area is 76.4 Å². The van der Waals surface area contributed by atoms with Crippen molar-refractivity contribution in [3.63, 3.8) is 0 Å². The van der Waals surface area contributed by atoms with Crippen LogP contribution in [0.3, 0.4) is 0 Å². The Kier molecular flexibility index (Phi) is 2.82. The molecule has 9 nitrogen and oxygen atoms in total. The lowest BCUT2D eigenvalue weighted by Crippen LogP contribution is -2.38. The first-order valence-corrected chi connectivity index (χ1v) is 3.17. The smallest absolute Gasteiger partial charge is 0.316 e. The van der Waals surface area contributed by atoms with Gasteiger partial charge in [-0.25, -0.2) is 9.59 Å². The lowest BCUT2D eigenvalue weighted by Gasteiger charge is -2.20.